The van der Waals surface area contributed by atoms with Crippen molar-refractivity contribution >= 4 is 67.3 Å². The normalized spacial score (nSPS) is 18.7. The molecule has 18 nitrogen and oxygen atoms in total. The van der Waals surface area contributed by atoms with E-state index in [1.807, 2.05) is 18.2 Å². The maximum Gasteiger partial charge on any atom is 0.409 e. The molecule has 0 spiro atoms. The number of rotatable bonds is 12. The summed E-state index contributed by atoms with van der Waals surface area (Å²) < 4.78 is 52.7. The predicted molar refractivity (Wildman–Crippen MR) is 252 cm³/mol. The fourth-order valence-corrected chi connectivity index (χ4v) is 10.0. The van der Waals surface area contributed by atoms with Gasteiger partial charge in [0.2, 0.25) is 0 Å². The fourth-order valence-electron chi connectivity index (χ4n) is 8.89. The van der Waals surface area contributed by atoms with Gasteiger partial charge in [0.15, 0.2) is 11.4 Å². The number of carbonyl (C=O) groups excluding carboxylic acids is 2. The molecule has 20 heteroatoms. The molecule has 3 N–H and O–H groups in total. The van der Waals surface area contributed by atoms with E-state index in [0.717, 1.165) is 62.1 Å². The van der Waals surface area contributed by atoms with Gasteiger partial charge in [-0.05, 0) is 72.2 Å². The molecule has 0 bridgehead atoms. The number of ether oxygens (including phenoxy) is 4. The van der Waals surface area contributed by atoms with Crippen molar-refractivity contribution in [3.05, 3.63) is 111 Å². The van der Waals surface area contributed by atoms with Crippen LogP contribution in [0.1, 0.15) is 49.0 Å². The third kappa shape index (κ3) is 10.4. The first-order chi connectivity index (χ1) is 32.2. The summed E-state index contributed by atoms with van der Waals surface area (Å²) in [6.45, 7) is 9.75. The zero-order valence-electron chi connectivity index (χ0n) is 37.1. The molecule has 2 fully saturated rings. The molecule has 1 atom stereocenters. The molecular weight excluding hydrogens is 904 g/mol. The lowest BCUT2D eigenvalue weighted by Crippen LogP contribution is -2.47. The van der Waals surface area contributed by atoms with Gasteiger partial charge in [0.05, 0.1) is 40.8 Å². The Morgan fingerprint density at radius 2 is 1.79 bits per heavy atom. The summed E-state index contributed by atoms with van der Waals surface area (Å²) >= 11 is 6.25. The smallest absolute Gasteiger partial charge is 0.409 e. The molecule has 2 amide bonds. The Morgan fingerprint density at radius 1 is 1.01 bits per heavy atom. The number of nitro groups is 1. The van der Waals surface area contributed by atoms with Gasteiger partial charge in [0.25, 0.3) is 21.6 Å². The van der Waals surface area contributed by atoms with Gasteiger partial charge in [0.1, 0.15) is 30.4 Å². The van der Waals surface area contributed by atoms with Gasteiger partial charge in [-0.2, -0.15) is 0 Å². The highest BCUT2D eigenvalue weighted by molar-refractivity contribution is 7.90. The second-order valence-electron chi connectivity index (χ2n) is 17.9. The molecule has 5 heterocycles. The number of fused-ring (bicyclic) bond motifs is 2. The van der Waals surface area contributed by atoms with Gasteiger partial charge in [-0.15, -0.1) is 0 Å². The second kappa shape index (κ2) is 19.1. The van der Waals surface area contributed by atoms with E-state index in [-0.39, 0.29) is 41.4 Å². The van der Waals surface area contributed by atoms with Gasteiger partial charge in [-0.3, -0.25) is 19.8 Å². The molecule has 0 saturated carbocycles. The average molecular weight is 955 g/mol. The number of anilines is 2. The van der Waals surface area contributed by atoms with Crippen LogP contribution in [0, 0.1) is 15.5 Å². The Hall–Kier alpha value is -6.41. The molecule has 2 saturated heterocycles. The third-order valence-electron chi connectivity index (χ3n) is 12.6. The van der Waals surface area contributed by atoms with Crippen molar-refractivity contribution in [2.75, 3.05) is 82.5 Å². The van der Waals surface area contributed by atoms with Crippen LogP contribution in [0.3, 0.4) is 0 Å². The Bertz CT molecular complexity index is 2840. The highest BCUT2D eigenvalue weighted by Crippen LogP contribution is 2.44. The molecule has 3 aliphatic heterocycles. The molecule has 3 aromatic carbocycles. The maximum atomic E-state index is 14.1. The van der Waals surface area contributed by atoms with E-state index < -0.39 is 43.6 Å². The van der Waals surface area contributed by atoms with Gasteiger partial charge >= 0.3 is 6.09 Å². The van der Waals surface area contributed by atoms with Crippen LogP contribution < -0.4 is 24.4 Å². The highest BCUT2D eigenvalue weighted by atomic mass is 35.5. The number of sulfonamides is 1. The molecule has 0 radical (unpaired) electrons. The lowest BCUT2D eigenvalue weighted by molar-refractivity contribution is -0.384. The van der Waals surface area contributed by atoms with Crippen LogP contribution >= 0.6 is 11.6 Å². The zero-order valence-corrected chi connectivity index (χ0v) is 38.7. The predicted octanol–water partition coefficient (Wildman–Crippen LogP) is 7.46. The number of benzene rings is 3. The topological polar surface area (TPSA) is 211 Å². The van der Waals surface area contributed by atoms with E-state index >= 15 is 0 Å². The third-order valence-corrected chi connectivity index (χ3v) is 14.2. The maximum absolute atomic E-state index is 14.1. The van der Waals surface area contributed by atoms with Crippen molar-refractivity contribution in [3.63, 3.8) is 0 Å². The Balaban J connectivity index is 0.919. The second-order valence-corrected chi connectivity index (χ2v) is 20.0. The molecule has 1 unspecified atom stereocenters. The van der Waals surface area contributed by atoms with E-state index in [4.69, 9.17) is 30.5 Å². The van der Waals surface area contributed by atoms with Crippen molar-refractivity contribution in [2.24, 2.45) is 5.41 Å². The summed E-state index contributed by atoms with van der Waals surface area (Å²) in [6.07, 6.45) is 5.83. The SMILES string of the molecule is CC1(C)CCC(CN2CCN(c3ccc(C(=O)NS(=O)(=O)c4cc5c(c([N+](=O)[O-])c4)NC(COC(=O)N4CCOCC4)CO5)c(Oc4cnc5[nH]ccc5c4)c3)CC2)=C(c2ccc(Cl)cc2)C1. The first-order valence-corrected chi connectivity index (χ1v) is 24.0. The number of hydrogen-bond acceptors (Lipinski definition) is 14. The van der Waals surface area contributed by atoms with E-state index in [9.17, 15) is 28.1 Å². The minimum absolute atomic E-state index is 0.0798. The number of pyridine rings is 1. The number of aromatic amines is 1. The summed E-state index contributed by atoms with van der Waals surface area (Å²) in [5, 5.41) is 16.7. The number of H-pyrrole nitrogens is 1. The number of carbonyl (C=O) groups is 2. The lowest BCUT2D eigenvalue weighted by Gasteiger charge is -2.39. The Kier molecular flexibility index (Phi) is 13.0. The van der Waals surface area contributed by atoms with E-state index in [0.29, 0.717) is 55.8 Å². The summed E-state index contributed by atoms with van der Waals surface area (Å²) in [4.78, 5) is 51.2. The largest absolute Gasteiger partial charge is 0.489 e. The number of hydrogen-bond donors (Lipinski definition) is 3. The van der Waals surface area contributed by atoms with Crippen molar-refractivity contribution in [1.29, 1.82) is 0 Å². The molecule has 4 aliphatic rings. The minimum atomic E-state index is -4.73. The standard InChI is InChI=1S/C47H51ClN8O10S/c1-47(2)11-9-32(39(25-47)30-3-5-33(48)6-4-30)27-53-13-15-54(16-14-53)35-7-8-38(41(22-35)66-36-21-31-10-12-49-44(31)50-26-36)45(57)52-67(61,62)37-23-40(56(59)60)43-42(24-37)64-28-34(51-43)29-65-46(58)55-17-19-63-20-18-55/h3-8,10,12,21-24,26,34,51H,9,11,13-20,25,27-29H2,1-2H3,(H,49,50)(H,52,57). The quantitative estimate of drug-likeness (QED) is 0.0819. The van der Waals surface area contributed by atoms with Crippen LogP contribution in [0.25, 0.3) is 16.6 Å². The van der Waals surface area contributed by atoms with Gasteiger partial charge in [0, 0.05) is 86.3 Å². The van der Waals surface area contributed by atoms with Crippen LogP contribution in [-0.2, 0) is 19.5 Å². The van der Waals surface area contributed by atoms with Crippen LogP contribution in [0.15, 0.2) is 89.6 Å². The molecule has 352 valence electrons. The first kappa shape index (κ1) is 45.7. The number of amides is 2. The average Bonchev–Trinajstić information content (AvgIpc) is 3.79. The van der Waals surface area contributed by atoms with Crippen LogP contribution in [0.2, 0.25) is 5.02 Å². The monoisotopic (exact) mass is 954 g/mol. The lowest BCUT2D eigenvalue weighted by atomic mass is 9.72. The molecule has 67 heavy (non-hydrogen) atoms. The van der Waals surface area contributed by atoms with Crippen molar-refractivity contribution in [3.8, 4) is 17.2 Å². The van der Waals surface area contributed by atoms with E-state index in [2.05, 4.69) is 55.8 Å². The van der Waals surface area contributed by atoms with Gasteiger partial charge in [-0.1, -0.05) is 43.2 Å². The fraction of sp³-hybridized carbons (Fsp3) is 0.383. The first-order valence-electron chi connectivity index (χ1n) is 22.2. The van der Waals surface area contributed by atoms with E-state index in [1.165, 1.54) is 33.9 Å². The number of aromatic nitrogens is 2. The number of piperazine rings is 1. The molecule has 2 aromatic heterocycles. The number of nitrogens with zero attached hydrogens (tertiary/aromatic N) is 5. The zero-order chi connectivity index (χ0) is 46.9. The molecule has 9 rings (SSSR count). The summed E-state index contributed by atoms with van der Waals surface area (Å²) in [5.41, 5.74) is 4.87. The van der Waals surface area contributed by atoms with Crippen LogP contribution in [0.5, 0.6) is 17.2 Å². The van der Waals surface area contributed by atoms with Crippen LogP contribution in [-0.4, -0.2) is 123 Å². The van der Waals surface area contributed by atoms with Crippen LogP contribution in [0.4, 0.5) is 21.9 Å². The van der Waals surface area contributed by atoms with Gasteiger partial charge < -0.3 is 39.0 Å². The molecule has 1 aliphatic carbocycles. The Morgan fingerprint density at radius 3 is 2.55 bits per heavy atom. The van der Waals surface area contributed by atoms with Crippen molar-refractivity contribution in [1.82, 2.24) is 24.5 Å². The summed E-state index contributed by atoms with van der Waals surface area (Å²) in [5.74, 6) is -0.754. The summed E-state index contributed by atoms with van der Waals surface area (Å²) in [7, 11) is -4.73. The number of halogens is 1. The van der Waals surface area contributed by atoms with Gasteiger partial charge in [-0.25, -0.2) is 22.9 Å². The van der Waals surface area contributed by atoms with Crippen molar-refractivity contribution < 1.29 is 41.9 Å². The highest BCUT2D eigenvalue weighted by Gasteiger charge is 2.34. The van der Waals surface area contributed by atoms with Crippen molar-refractivity contribution in [2.45, 2.75) is 44.0 Å². The molecule has 5 aromatic rings. The number of allylic oxidation sites excluding steroid dienone is 1. The molecular formula is C47H51ClN8O10S. The number of morpholine rings is 1. The van der Waals surface area contributed by atoms with E-state index in [1.54, 1.807) is 24.4 Å². The number of nitro benzene ring substituents is 1. The Labute approximate surface area is 392 Å². The minimum Gasteiger partial charge on any atom is -0.489 e. The number of nitrogens with one attached hydrogen (secondary N) is 3. The summed E-state index contributed by atoms with van der Waals surface area (Å²) in [6, 6.07) is 17.9.